The summed E-state index contributed by atoms with van der Waals surface area (Å²) in [7, 11) is 0. The first-order valence-corrected chi connectivity index (χ1v) is 5.96. The lowest BCUT2D eigenvalue weighted by atomic mass is 10.1. The second kappa shape index (κ2) is 6.33. The summed E-state index contributed by atoms with van der Waals surface area (Å²) >= 11 is 0. The van der Waals surface area contributed by atoms with E-state index >= 15 is 0 Å². The van der Waals surface area contributed by atoms with Gasteiger partial charge in [0, 0.05) is 24.0 Å². The summed E-state index contributed by atoms with van der Waals surface area (Å²) in [4.78, 5) is 11.6. The Morgan fingerprint density at radius 1 is 1.38 bits per heavy atom. The minimum atomic E-state index is 0.0110. The third-order valence-corrected chi connectivity index (χ3v) is 2.67. The van der Waals surface area contributed by atoms with Crippen LogP contribution in [0.25, 0.3) is 0 Å². The SMILES string of the molecule is CC.Nc1ccn(C2CCNCC2)c(=O)c1. The number of rotatable bonds is 1. The first-order chi connectivity index (χ1) is 7.77. The summed E-state index contributed by atoms with van der Waals surface area (Å²) in [6.07, 6.45) is 3.83. The smallest absolute Gasteiger partial charge is 0.252 e. The number of nitrogens with two attached hydrogens (primary N) is 1. The van der Waals surface area contributed by atoms with Gasteiger partial charge in [-0.3, -0.25) is 4.79 Å². The van der Waals surface area contributed by atoms with Crippen LogP contribution in [-0.2, 0) is 0 Å². The fraction of sp³-hybridized carbons (Fsp3) is 0.583. The minimum absolute atomic E-state index is 0.0110. The van der Waals surface area contributed by atoms with Crippen LogP contribution in [0.1, 0.15) is 32.7 Å². The second-order valence-corrected chi connectivity index (χ2v) is 3.69. The van der Waals surface area contributed by atoms with E-state index in [1.54, 1.807) is 16.8 Å². The van der Waals surface area contributed by atoms with Crippen LogP contribution in [0.2, 0.25) is 0 Å². The van der Waals surface area contributed by atoms with E-state index < -0.39 is 0 Å². The lowest BCUT2D eigenvalue weighted by Crippen LogP contribution is -2.33. The molecule has 0 aromatic carbocycles. The van der Waals surface area contributed by atoms with Crippen LogP contribution in [0.5, 0.6) is 0 Å². The Bertz CT molecular complexity index is 367. The molecule has 1 saturated heterocycles. The van der Waals surface area contributed by atoms with Crippen molar-refractivity contribution in [3.05, 3.63) is 28.7 Å². The highest BCUT2D eigenvalue weighted by Crippen LogP contribution is 2.16. The van der Waals surface area contributed by atoms with Crippen molar-refractivity contribution in [3.63, 3.8) is 0 Å². The second-order valence-electron chi connectivity index (χ2n) is 3.69. The topological polar surface area (TPSA) is 60.0 Å². The van der Waals surface area contributed by atoms with Crippen molar-refractivity contribution in [2.75, 3.05) is 18.8 Å². The van der Waals surface area contributed by atoms with Crippen molar-refractivity contribution in [1.29, 1.82) is 0 Å². The Kier molecular flexibility index (Phi) is 5.05. The quantitative estimate of drug-likeness (QED) is 0.756. The Balaban J connectivity index is 0.000000606. The van der Waals surface area contributed by atoms with Gasteiger partial charge in [-0.1, -0.05) is 13.8 Å². The van der Waals surface area contributed by atoms with Gasteiger partial charge in [-0.15, -0.1) is 0 Å². The third kappa shape index (κ3) is 3.10. The number of anilines is 1. The molecular weight excluding hydrogens is 202 g/mol. The highest BCUT2D eigenvalue weighted by atomic mass is 16.1. The van der Waals surface area contributed by atoms with Crippen molar-refractivity contribution in [2.45, 2.75) is 32.7 Å². The Morgan fingerprint density at radius 2 is 2.00 bits per heavy atom. The summed E-state index contributed by atoms with van der Waals surface area (Å²) in [5, 5.41) is 3.28. The van der Waals surface area contributed by atoms with Crippen LogP contribution >= 0.6 is 0 Å². The summed E-state index contributed by atoms with van der Waals surface area (Å²) in [6.45, 7) is 5.98. The predicted molar refractivity (Wildman–Crippen MR) is 67.6 cm³/mol. The molecule has 0 unspecified atom stereocenters. The number of hydrogen-bond donors (Lipinski definition) is 2. The average molecular weight is 223 g/mol. The molecule has 1 aliphatic rings. The first kappa shape index (κ1) is 12.8. The molecule has 0 aliphatic carbocycles. The number of aromatic nitrogens is 1. The van der Waals surface area contributed by atoms with E-state index in [4.69, 9.17) is 5.73 Å². The van der Waals surface area contributed by atoms with E-state index in [0.717, 1.165) is 25.9 Å². The van der Waals surface area contributed by atoms with E-state index in [0.29, 0.717) is 11.7 Å². The van der Waals surface area contributed by atoms with Crippen molar-refractivity contribution in [2.24, 2.45) is 0 Å². The van der Waals surface area contributed by atoms with Gasteiger partial charge >= 0.3 is 0 Å². The molecule has 4 heteroatoms. The van der Waals surface area contributed by atoms with Gasteiger partial charge < -0.3 is 15.6 Å². The maximum absolute atomic E-state index is 11.6. The van der Waals surface area contributed by atoms with E-state index in [2.05, 4.69) is 5.32 Å². The number of nitrogens with zero attached hydrogens (tertiary/aromatic N) is 1. The fourth-order valence-corrected chi connectivity index (χ4v) is 1.89. The van der Waals surface area contributed by atoms with E-state index in [-0.39, 0.29) is 5.56 Å². The fourth-order valence-electron chi connectivity index (χ4n) is 1.89. The Labute approximate surface area is 96.5 Å². The van der Waals surface area contributed by atoms with Gasteiger partial charge in [0.1, 0.15) is 0 Å². The summed E-state index contributed by atoms with van der Waals surface area (Å²) in [6, 6.07) is 3.61. The van der Waals surface area contributed by atoms with Gasteiger partial charge in [0.05, 0.1) is 0 Å². The molecule has 1 fully saturated rings. The highest BCUT2D eigenvalue weighted by molar-refractivity contribution is 5.34. The third-order valence-electron chi connectivity index (χ3n) is 2.67. The van der Waals surface area contributed by atoms with Crippen LogP contribution in [0.3, 0.4) is 0 Å². The summed E-state index contributed by atoms with van der Waals surface area (Å²) < 4.78 is 1.79. The lowest BCUT2D eigenvalue weighted by molar-refractivity contribution is 0.361. The van der Waals surface area contributed by atoms with Crippen LogP contribution in [0.15, 0.2) is 23.1 Å². The molecule has 2 heterocycles. The number of nitrogen functional groups attached to an aromatic ring is 1. The number of hydrogen-bond acceptors (Lipinski definition) is 3. The molecule has 1 aromatic rings. The first-order valence-electron chi connectivity index (χ1n) is 5.96. The number of pyridine rings is 1. The van der Waals surface area contributed by atoms with Crippen molar-refractivity contribution >= 4 is 5.69 Å². The molecule has 0 atom stereocenters. The van der Waals surface area contributed by atoms with Crippen molar-refractivity contribution in [3.8, 4) is 0 Å². The molecule has 0 bridgehead atoms. The van der Waals surface area contributed by atoms with Gasteiger partial charge in [0.15, 0.2) is 0 Å². The largest absolute Gasteiger partial charge is 0.399 e. The lowest BCUT2D eigenvalue weighted by Gasteiger charge is -2.24. The van der Waals surface area contributed by atoms with Crippen molar-refractivity contribution < 1.29 is 0 Å². The Hall–Kier alpha value is -1.29. The number of nitrogens with one attached hydrogen (secondary N) is 1. The molecule has 16 heavy (non-hydrogen) atoms. The standard InChI is InChI=1S/C10H15N3O.C2H6/c11-8-3-6-13(10(14)7-8)9-1-4-12-5-2-9;1-2/h3,6-7,9,12H,1-2,4-5,11H2;1-2H3. The van der Waals surface area contributed by atoms with Gasteiger partial charge in [-0.2, -0.15) is 0 Å². The zero-order valence-corrected chi connectivity index (χ0v) is 10.1. The molecule has 0 radical (unpaired) electrons. The molecule has 0 saturated carbocycles. The zero-order valence-electron chi connectivity index (χ0n) is 10.1. The van der Waals surface area contributed by atoms with Crippen LogP contribution < -0.4 is 16.6 Å². The zero-order chi connectivity index (χ0) is 12.0. The van der Waals surface area contributed by atoms with Crippen LogP contribution in [0, 0.1) is 0 Å². The van der Waals surface area contributed by atoms with Gasteiger partial charge in [0.25, 0.3) is 5.56 Å². The molecule has 4 nitrogen and oxygen atoms in total. The van der Waals surface area contributed by atoms with Gasteiger partial charge in [0.2, 0.25) is 0 Å². The van der Waals surface area contributed by atoms with Crippen LogP contribution in [0.4, 0.5) is 5.69 Å². The molecule has 3 N–H and O–H groups in total. The molecule has 1 aromatic heterocycles. The highest BCUT2D eigenvalue weighted by Gasteiger charge is 2.15. The normalized spacial score (nSPS) is 16.4. The Morgan fingerprint density at radius 3 is 2.56 bits per heavy atom. The molecule has 90 valence electrons. The molecule has 0 amide bonds. The monoisotopic (exact) mass is 223 g/mol. The van der Waals surface area contributed by atoms with Crippen molar-refractivity contribution in [1.82, 2.24) is 9.88 Å². The van der Waals surface area contributed by atoms with E-state index in [1.807, 2.05) is 13.8 Å². The number of piperidine rings is 1. The molecule has 0 spiro atoms. The molecule has 1 aliphatic heterocycles. The van der Waals surface area contributed by atoms with Crippen LogP contribution in [-0.4, -0.2) is 17.7 Å². The minimum Gasteiger partial charge on any atom is -0.399 e. The van der Waals surface area contributed by atoms with E-state index in [9.17, 15) is 4.79 Å². The summed E-state index contributed by atoms with van der Waals surface area (Å²) in [5.41, 5.74) is 6.08. The van der Waals surface area contributed by atoms with E-state index in [1.165, 1.54) is 6.07 Å². The average Bonchev–Trinajstić information content (AvgIpc) is 2.33. The molecular formula is C12H21N3O. The maximum Gasteiger partial charge on any atom is 0.252 e. The predicted octanol–water partition coefficient (Wildman–Crippen LogP) is 1.38. The maximum atomic E-state index is 11.6. The summed E-state index contributed by atoms with van der Waals surface area (Å²) in [5.74, 6) is 0. The van der Waals surface area contributed by atoms with Gasteiger partial charge in [-0.05, 0) is 32.0 Å². The molecule has 2 rings (SSSR count). The van der Waals surface area contributed by atoms with Gasteiger partial charge in [-0.25, -0.2) is 0 Å².